The first-order valence-electron chi connectivity index (χ1n) is 2.84. The number of hydrogen-bond acceptors (Lipinski definition) is 1. The van der Waals surface area contributed by atoms with E-state index >= 15 is 0 Å². The van der Waals surface area contributed by atoms with Crippen LogP contribution in [-0.4, -0.2) is 16.4 Å². The maximum atomic E-state index is 10.7. The third-order valence-corrected chi connectivity index (χ3v) is 2.72. The van der Waals surface area contributed by atoms with Crippen molar-refractivity contribution in [1.82, 2.24) is 0 Å². The van der Waals surface area contributed by atoms with Gasteiger partial charge in [0.15, 0.2) is 0 Å². The van der Waals surface area contributed by atoms with Crippen molar-refractivity contribution < 1.29 is 4.79 Å². The molecule has 54 valence electrons. The second-order valence-corrected chi connectivity index (χ2v) is 3.34. The summed E-state index contributed by atoms with van der Waals surface area (Å²) in [6.45, 7) is 2.05. The Morgan fingerprint density at radius 3 is 2.44 bits per heavy atom. The van der Waals surface area contributed by atoms with Crippen LogP contribution in [0.1, 0.15) is 13.3 Å². The molecule has 0 amide bonds. The van der Waals surface area contributed by atoms with Crippen molar-refractivity contribution in [2.24, 2.45) is 5.92 Å². The molecule has 0 saturated carbocycles. The van der Waals surface area contributed by atoms with Crippen LogP contribution in [0.2, 0.25) is 0 Å². The highest BCUT2D eigenvalue weighted by molar-refractivity contribution is 9.09. The molecule has 0 heterocycles. The van der Waals surface area contributed by atoms with Crippen molar-refractivity contribution in [1.29, 1.82) is 0 Å². The monoisotopic (exact) mass is 256 g/mol. The van der Waals surface area contributed by atoms with E-state index in [2.05, 4.69) is 38.8 Å². The summed E-state index contributed by atoms with van der Waals surface area (Å²) >= 11 is 6.41. The van der Waals surface area contributed by atoms with Gasteiger partial charge in [-0.25, -0.2) is 0 Å². The minimum atomic E-state index is 0.280. The van der Waals surface area contributed by atoms with E-state index in [1.54, 1.807) is 0 Å². The summed E-state index contributed by atoms with van der Waals surface area (Å²) in [5, 5.41) is 1.40. The molecule has 0 aromatic rings. The second kappa shape index (κ2) is 5.42. The molecule has 0 rings (SSSR count). The number of rotatable bonds is 4. The fourth-order valence-corrected chi connectivity index (χ4v) is 0.956. The molecule has 0 N–H and O–H groups in total. The number of hydrogen-bond donors (Lipinski definition) is 0. The minimum absolute atomic E-state index is 0.280. The fraction of sp³-hybridized carbons (Fsp3) is 0.833. The highest BCUT2D eigenvalue weighted by Crippen LogP contribution is 2.06. The summed E-state index contributed by atoms with van der Waals surface area (Å²) in [6, 6.07) is 0. The molecule has 0 aromatic heterocycles. The van der Waals surface area contributed by atoms with Crippen LogP contribution in [0.5, 0.6) is 0 Å². The van der Waals surface area contributed by atoms with E-state index in [1.807, 2.05) is 0 Å². The molecule has 0 aromatic carbocycles. The van der Waals surface area contributed by atoms with Gasteiger partial charge >= 0.3 is 0 Å². The molecule has 0 aliphatic rings. The van der Waals surface area contributed by atoms with Gasteiger partial charge in [-0.2, -0.15) is 0 Å². The Kier molecular flexibility index (Phi) is 5.80. The molecule has 3 heteroatoms. The molecule has 9 heavy (non-hydrogen) atoms. The largest absolute Gasteiger partial charge is 0.299 e. The quantitative estimate of drug-likeness (QED) is 0.707. The zero-order valence-electron chi connectivity index (χ0n) is 5.36. The summed E-state index contributed by atoms with van der Waals surface area (Å²) in [7, 11) is 0. The summed E-state index contributed by atoms with van der Waals surface area (Å²) in [6.07, 6.45) is 0.677. The van der Waals surface area contributed by atoms with E-state index in [0.717, 1.165) is 5.33 Å². The van der Waals surface area contributed by atoms with Gasteiger partial charge in [-0.1, -0.05) is 38.8 Å². The van der Waals surface area contributed by atoms with Crippen LogP contribution in [0.25, 0.3) is 0 Å². The van der Waals surface area contributed by atoms with E-state index in [1.165, 1.54) is 0 Å². The number of ketones is 1. The van der Waals surface area contributed by atoms with Crippen LogP contribution >= 0.6 is 31.9 Å². The average Bonchev–Trinajstić information content (AvgIpc) is 1.87. The Hall–Kier alpha value is 0.630. The third-order valence-electron chi connectivity index (χ3n) is 0.989. The molecule has 1 unspecified atom stereocenters. The summed E-state index contributed by atoms with van der Waals surface area (Å²) in [5.41, 5.74) is 0. The molecule has 0 saturated heterocycles. The van der Waals surface area contributed by atoms with Gasteiger partial charge < -0.3 is 0 Å². The Labute approximate surface area is 72.5 Å². The first kappa shape index (κ1) is 9.63. The zero-order chi connectivity index (χ0) is 7.28. The number of alkyl halides is 2. The van der Waals surface area contributed by atoms with Gasteiger partial charge in [0.1, 0.15) is 5.78 Å². The van der Waals surface area contributed by atoms with Crippen LogP contribution in [0.3, 0.4) is 0 Å². The maximum absolute atomic E-state index is 10.7. The predicted molar refractivity (Wildman–Crippen MR) is 46.4 cm³/mol. The number of halogens is 2. The SMILES string of the molecule is CC(CBr)CC(=O)CBr. The lowest BCUT2D eigenvalue weighted by molar-refractivity contribution is -0.117. The summed E-state index contributed by atoms with van der Waals surface area (Å²) in [4.78, 5) is 10.7. The molecule has 0 aliphatic carbocycles. The Balaban J connectivity index is 3.34. The van der Waals surface area contributed by atoms with Crippen molar-refractivity contribution in [2.75, 3.05) is 10.7 Å². The number of carbonyl (C=O) groups is 1. The molecule has 0 aliphatic heterocycles. The topological polar surface area (TPSA) is 17.1 Å². The second-order valence-electron chi connectivity index (χ2n) is 2.14. The van der Waals surface area contributed by atoms with Gasteiger partial charge in [-0.15, -0.1) is 0 Å². The van der Waals surface area contributed by atoms with E-state index in [-0.39, 0.29) is 5.78 Å². The van der Waals surface area contributed by atoms with Crippen molar-refractivity contribution in [3.8, 4) is 0 Å². The van der Waals surface area contributed by atoms with Crippen LogP contribution in [-0.2, 0) is 4.79 Å². The smallest absolute Gasteiger partial charge is 0.143 e. The van der Waals surface area contributed by atoms with Crippen molar-refractivity contribution in [2.45, 2.75) is 13.3 Å². The fourth-order valence-electron chi connectivity index (χ4n) is 0.498. The van der Waals surface area contributed by atoms with Crippen LogP contribution in [0.15, 0.2) is 0 Å². The van der Waals surface area contributed by atoms with E-state index < -0.39 is 0 Å². The normalized spacial score (nSPS) is 13.2. The first-order chi connectivity index (χ1) is 4.20. The first-order valence-corrected chi connectivity index (χ1v) is 5.08. The lowest BCUT2D eigenvalue weighted by atomic mass is 10.1. The highest BCUT2D eigenvalue weighted by Gasteiger charge is 2.04. The molecule has 0 bridgehead atoms. The van der Waals surface area contributed by atoms with Crippen LogP contribution in [0, 0.1) is 5.92 Å². The van der Waals surface area contributed by atoms with Gasteiger partial charge in [0, 0.05) is 11.8 Å². The van der Waals surface area contributed by atoms with Crippen molar-refractivity contribution >= 4 is 37.6 Å². The van der Waals surface area contributed by atoms with Crippen LogP contribution < -0.4 is 0 Å². The van der Waals surface area contributed by atoms with Gasteiger partial charge in [0.25, 0.3) is 0 Å². The number of carbonyl (C=O) groups excluding carboxylic acids is 1. The minimum Gasteiger partial charge on any atom is -0.299 e. The van der Waals surface area contributed by atoms with Gasteiger partial charge in [-0.05, 0) is 5.92 Å². The maximum Gasteiger partial charge on any atom is 0.143 e. The summed E-state index contributed by atoms with van der Waals surface area (Å²) in [5.74, 6) is 0.747. The lowest BCUT2D eigenvalue weighted by Gasteiger charge is -2.02. The molecular formula is C6H10Br2O. The standard InChI is InChI=1S/C6H10Br2O/c1-5(3-7)2-6(9)4-8/h5H,2-4H2,1H3. The number of Topliss-reactive ketones (excluding diaryl/α,β-unsaturated/α-hetero) is 1. The Morgan fingerprint density at radius 1 is 1.56 bits per heavy atom. The van der Waals surface area contributed by atoms with E-state index in [4.69, 9.17) is 0 Å². The molecular weight excluding hydrogens is 248 g/mol. The zero-order valence-corrected chi connectivity index (χ0v) is 8.53. The molecule has 1 atom stereocenters. The molecule has 0 radical (unpaired) electrons. The molecule has 0 spiro atoms. The van der Waals surface area contributed by atoms with Crippen molar-refractivity contribution in [3.63, 3.8) is 0 Å². The Bertz CT molecular complexity index is 93.1. The average molecular weight is 258 g/mol. The van der Waals surface area contributed by atoms with E-state index in [9.17, 15) is 4.79 Å². The van der Waals surface area contributed by atoms with E-state index in [0.29, 0.717) is 17.7 Å². The Morgan fingerprint density at radius 2 is 2.11 bits per heavy atom. The highest BCUT2D eigenvalue weighted by atomic mass is 79.9. The van der Waals surface area contributed by atoms with Gasteiger partial charge in [0.05, 0.1) is 5.33 Å². The van der Waals surface area contributed by atoms with Crippen molar-refractivity contribution in [3.05, 3.63) is 0 Å². The van der Waals surface area contributed by atoms with Gasteiger partial charge in [-0.3, -0.25) is 4.79 Å². The van der Waals surface area contributed by atoms with Crippen LogP contribution in [0.4, 0.5) is 0 Å². The van der Waals surface area contributed by atoms with Gasteiger partial charge in [0.2, 0.25) is 0 Å². The molecule has 1 nitrogen and oxygen atoms in total. The lowest BCUT2D eigenvalue weighted by Crippen LogP contribution is -2.06. The predicted octanol–water partition coefficient (Wildman–Crippen LogP) is 2.37. The molecule has 0 fully saturated rings. The third kappa shape index (κ3) is 5.09. The summed E-state index contributed by atoms with van der Waals surface area (Å²) < 4.78 is 0.